The van der Waals surface area contributed by atoms with Crippen molar-refractivity contribution in [2.45, 2.75) is 20.0 Å². The van der Waals surface area contributed by atoms with Gasteiger partial charge in [0.05, 0.1) is 12.7 Å². The van der Waals surface area contributed by atoms with Gasteiger partial charge in [0.25, 0.3) is 0 Å². The highest BCUT2D eigenvalue weighted by Gasteiger charge is 2.00. The lowest BCUT2D eigenvalue weighted by molar-refractivity contribution is 0.0552. The van der Waals surface area contributed by atoms with Gasteiger partial charge in [-0.05, 0) is 38.1 Å². The van der Waals surface area contributed by atoms with Crippen molar-refractivity contribution in [2.24, 2.45) is 5.73 Å². The highest BCUT2D eigenvalue weighted by molar-refractivity contribution is 5.92. The Bertz CT molecular complexity index is 333. The molecule has 0 aliphatic rings. The Hall–Kier alpha value is -1.55. The molecule has 16 heavy (non-hydrogen) atoms. The molecule has 1 rings (SSSR count). The smallest absolute Gasteiger partial charge is 0.248 e. The third kappa shape index (κ3) is 4.31. The molecular formula is C12H17NO3. The number of amides is 1. The molecule has 0 aromatic heterocycles. The quantitative estimate of drug-likeness (QED) is 0.745. The Balaban J connectivity index is 2.35. The van der Waals surface area contributed by atoms with Crippen molar-refractivity contribution in [3.05, 3.63) is 29.8 Å². The van der Waals surface area contributed by atoms with E-state index in [2.05, 4.69) is 0 Å². The van der Waals surface area contributed by atoms with Crippen LogP contribution in [0.2, 0.25) is 0 Å². The van der Waals surface area contributed by atoms with Crippen LogP contribution in [-0.4, -0.2) is 25.2 Å². The van der Waals surface area contributed by atoms with Crippen molar-refractivity contribution in [1.82, 2.24) is 0 Å². The lowest BCUT2D eigenvalue weighted by Gasteiger charge is -2.09. The standard InChI is InChI=1S/C12H17NO3/c1-9(2)15-7-8-16-11-5-3-10(4-6-11)12(13)14/h3-6,9H,7-8H2,1-2H3,(H2,13,14). The van der Waals surface area contributed by atoms with Crippen LogP contribution >= 0.6 is 0 Å². The average molecular weight is 223 g/mol. The molecule has 88 valence electrons. The van der Waals surface area contributed by atoms with E-state index in [1.54, 1.807) is 24.3 Å². The molecule has 0 atom stereocenters. The number of primary amides is 1. The van der Waals surface area contributed by atoms with Crippen molar-refractivity contribution in [3.8, 4) is 5.75 Å². The van der Waals surface area contributed by atoms with Gasteiger partial charge in [-0.2, -0.15) is 0 Å². The summed E-state index contributed by atoms with van der Waals surface area (Å²) in [5.41, 5.74) is 5.60. The molecular weight excluding hydrogens is 206 g/mol. The first kappa shape index (κ1) is 12.5. The van der Waals surface area contributed by atoms with E-state index in [0.29, 0.717) is 24.5 Å². The Morgan fingerprint density at radius 2 is 1.88 bits per heavy atom. The summed E-state index contributed by atoms with van der Waals surface area (Å²) >= 11 is 0. The lowest BCUT2D eigenvalue weighted by Crippen LogP contribution is -2.12. The van der Waals surface area contributed by atoms with E-state index in [4.69, 9.17) is 15.2 Å². The van der Waals surface area contributed by atoms with Gasteiger partial charge in [-0.3, -0.25) is 4.79 Å². The van der Waals surface area contributed by atoms with Gasteiger partial charge in [-0.1, -0.05) is 0 Å². The first-order valence-electron chi connectivity index (χ1n) is 5.24. The van der Waals surface area contributed by atoms with Gasteiger partial charge in [0.15, 0.2) is 0 Å². The molecule has 0 fully saturated rings. The van der Waals surface area contributed by atoms with E-state index < -0.39 is 5.91 Å². The SMILES string of the molecule is CC(C)OCCOc1ccc(C(N)=O)cc1. The summed E-state index contributed by atoms with van der Waals surface area (Å²) in [7, 11) is 0. The van der Waals surface area contributed by atoms with Crippen molar-refractivity contribution in [2.75, 3.05) is 13.2 Å². The number of benzene rings is 1. The summed E-state index contributed by atoms with van der Waals surface area (Å²) in [4.78, 5) is 10.8. The van der Waals surface area contributed by atoms with E-state index in [9.17, 15) is 4.79 Å². The maximum Gasteiger partial charge on any atom is 0.248 e. The predicted molar refractivity (Wildman–Crippen MR) is 61.5 cm³/mol. The molecule has 0 saturated carbocycles. The van der Waals surface area contributed by atoms with Crippen LogP contribution in [0.3, 0.4) is 0 Å². The molecule has 1 amide bonds. The van der Waals surface area contributed by atoms with E-state index in [1.165, 1.54) is 0 Å². The largest absolute Gasteiger partial charge is 0.491 e. The zero-order chi connectivity index (χ0) is 12.0. The maximum atomic E-state index is 10.8. The molecule has 0 unspecified atom stereocenters. The third-order valence-electron chi connectivity index (χ3n) is 1.94. The van der Waals surface area contributed by atoms with Crippen LogP contribution < -0.4 is 10.5 Å². The van der Waals surface area contributed by atoms with E-state index in [0.717, 1.165) is 0 Å². The molecule has 0 saturated heterocycles. The maximum absolute atomic E-state index is 10.8. The summed E-state index contributed by atoms with van der Waals surface area (Å²) in [6.07, 6.45) is 0.209. The minimum atomic E-state index is -0.435. The van der Waals surface area contributed by atoms with Gasteiger partial charge in [-0.15, -0.1) is 0 Å². The van der Waals surface area contributed by atoms with E-state index >= 15 is 0 Å². The molecule has 0 heterocycles. The van der Waals surface area contributed by atoms with Gasteiger partial charge >= 0.3 is 0 Å². The normalized spacial score (nSPS) is 10.4. The van der Waals surface area contributed by atoms with Gasteiger partial charge in [0, 0.05) is 5.56 Å². The first-order chi connectivity index (χ1) is 7.59. The van der Waals surface area contributed by atoms with E-state index in [-0.39, 0.29) is 6.10 Å². The number of carbonyl (C=O) groups is 1. The summed E-state index contributed by atoms with van der Waals surface area (Å²) in [5, 5.41) is 0. The molecule has 4 nitrogen and oxygen atoms in total. The number of hydrogen-bond acceptors (Lipinski definition) is 3. The van der Waals surface area contributed by atoms with Crippen molar-refractivity contribution < 1.29 is 14.3 Å². The molecule has 0 aliphatic carbocycles. The first-order valence-corrected chi connectivity index (χ1v) is 5.24. The topological polar surface area (TPSA) is 61.6 Å². The summed E-state index contributed by atoms with van der Waals surface area (Å²) in [6.45, 7) is 4.99. The molecule has 2 N–H and O–H groups in total. The number of hydrogen-bond donors (Lipinski definition) is 1. The molecule has 4 heteroatoms. The minimum absolute atomic E-state index is 0.209. The fourth-order valence-corrected chi connectivity index (χ4v) is 1.16. The highest BCUT2D eigenvalue weighted by Crippen LogP contribution is 2.11. The lowest BCUT2D eigenvalue weighted by atomic mass is 10.2. The zero-order valence-electron chi connectivity index (χ0n) is 9.60. The van der Waals surface area contributed by atoms with Crippen LogP contribution in [-0.2, 0) is 4.74 Å². The monoisotopic (exact) mass is 223 g/mol. The fraction of sp³-hybridized carbons (Fsp3) is 0.417. The molecule has 0 spiro atoms. The number of nitrogens with two attached hydrogens (primary N) is 1. The fourth-order valence-electron chi connectivity index (χ4n) is 1.16. The van der Waals surface area contributed by atoms with Crippen LogP contribution in [0.5, 0.6) is 5.75 Å². The van der Waals surface area contributed by atoms with Crippen LogP contribution in [0, 0.1) is 0 Å². The average Bonchev–Trinajstić information content (AvgIpc) is 2.25. The second-order valence-electron chi connectivity index (χ2n) is 3.66. The number of ether oxygens (including phenoxy) is 2. The minimum Gasteiger partial charge on any atom is -0.491 e. The van der Waals surface area contributed by atoms with Gasteiger partial charge < -0.3 is 15.2 Å². The van der Waals surface area contributed by atoms with Crippen molar-refractivity contribution >= 4 is 5.91 Å². The second kappa shape index (κ2) is 6.12. The van der Waals surface area contributed by atoms with Crippen molar-refractivity contribution in [1.29, 1.82) is 0 Å². The molecule has 0 bridgehead atoms. The zero-order valence-corrected chi connectivity index (χ0v) is 9.60. The predicted octanol–water partition coefficient (Wildman–Crippen LogP) is 1.59. The van der Waals surface area contributed by atoms with Gasteiger partial charge in [0.1, 0.15) is 12.4 Å². The van der Waals surface area contributed by atoms with Crippen molar-refractivity contribution in [3.63, 3.8) is 0 Å². The van der Waals surface area contributed by atoms with Gasteiger partial charge in [0.2, 0.25) is 5.91 Å². The molecule has 0 radical (unpaired) electrons. The highest BCUT2D eigenvalue weighted by atomic mass is 16.5. The summed E-state index contributed by atoms with van der Waals surface area (Å²) in [6, 6.07) is 6.72. The number of rotatable bonds is 6. The molecule has 0 aliphatic heterocycles. The van der Waals surface area contributed by atoms with Gasteiger partial charge in [-0.25, -0.2) is 0 Å². The van der Waals surface area contributed by atoms with Crippen LogP contribution in [0.15, 0.2) is 24.3 Å². The summed E-state index contributed by atoms with van der Waals surface area (Å²) < 4.78 is 10.7. The van der Waals surface area contributed by atoms with E-state index in [1.807, 2.05) is 13.8 Å². The Kier molecular flexibility index (Phi) is 4.79. The third-order valence-corrected chi connectivity index (χ3v) is 1.94. The molecule has 1 aromatic rings. The van der Waals surface area contributed by atoms with Crippen LogP contribution in [0.1, 0.15) is 24.2 Å². The Morgan fingerprint density at radius 3 is 2.38 bits per heavy atom. The second-order valence-corrected chi connectivity index (χ2v) is 3.66. The van der Waals surface area contributed by atoms with Crippen LogP contribution in [0.25, 0.3) is 0 Å². The molecule has 1 aromatic carbocycles. The summed E-state index contributed by atoms with van der Waals surface area (Å²) in [5.74, 6) is 0.270. The number of carbonyl (C=O) groups excluding carboxylic acids is 1. The Labute approximate surface area is 95.3 Å². The Morgan fingerprint density at radius 1 is 1.25 bits per heavy atom. The van der Waals surface area contributed by atoms with Crippen LogP contribution in [0.4, 0.5) is 0 Å².